The highest BCUT2D eigenvalue weighted by Gasteiger charge is 2.09. The van der Waals surface area contributed by atoms with Crippen LogP contribution >= 0.6 is 0 Å². The molecule has 1 heterocycles. The average molecular weight is 182 g/mol. The van der Waals surface area contributed by atoms with Crippen molar-refractivity contribution in [2.45, 2.75) is 26.7 Å². The number of carbonyl (C=O) groups is 1. The van der Waals surface area contributed by atoms with Gasteiger partial charge in [0.1, 0.15) is 0 Å². The Morgan fingerprint density at radius 2 is 2.15 bits per heavy atom. The Kier molecular flexibility index (Phi) is 2.70. The van der Waals surface area contributed by atoms with Crippen LogP contribution in [-0.2, 0) is 18.3 Å². The first kappa shape index (κ1) is 9.77. The van der Waals surface area contributed by atoms with Gasteiger partial charge in [-0.1, -0.05) is 0 Å². The van der Waals surface area contributed by atoms with Gasteiger partial charge in [0.2, 0.25) is 0 Å². The van der Waals surface area contributed by atoms with Crippen molar-refractivity contribution in [3.8, 4) is 0 Å². The number of rotatable bonds is 3. The van der Waals surface area contributed by atoms with Crippen LogP contribution in [0.15, 0.2) is 0 Å². The first-order chi connectivity index (χ1) is 6.02. The second kappa shape index (κ2) is 3.60. The first-order valence-electron chi connectivity index (χ1n) is 4.23. The van der Waals surface area contributed by atoms with Crippen molar-refractivity contribution in [2.24, 2.45) is 7.05 Å². The number of aryl methyl sites for hydroxylation is 2. The van der Waals surface area contributed by atoms with E-state index in [2.05, 4.69) is 5.10 Å². The lowest BCUT2D eigenvalue weighted by Crippen LogP contribution is -1.99. The number of carboxylic acids is 1. The molecule has 4 heteroatoms. The zero-order valence-corrected chi connectivity index (χ0v) is 8.16. The highest BCUT2D eigenvalue weighted by Crippen LogP contribution is 2.12. The summed E-state index contributed by atoms with van der Waals surface area (Å²) in [7, 11) is 1.87. The molecule has 1 N–H and O–H groups in total. The summed E-state index contributed by atoms with van der Waals surface area (Å²) in [6.07, 6.45) is 0.667. The molecule has 0 radical (unpaired) electrons. The van der Waals surface area contributed by atoms with Gasteiger partial charge in [0.05, 0.1) is 12.1 Å². The molecule has 0 saturated heterocycles. The van der Waals surface area contributed by atoms with Gasteiger partial charge in [-0.25, -0.2) is 0 Å². The maximum atomic E-state index is 10.3. The zero-order valence-electron chi connectivity index (χ0n) is 8.16. The van der Waals surface area contributed by atoms with Crippen molar-refractivity contribution < 1.29 is 9.90 Å². The lowest BCUT2D eigenvalue weighted by atomic mass is 10.1. The Morgan fingerprint density at radius 1 is 1.54 bits per heavy atom. The summed E-state index contributed by atoms with van der Waals surface area (Å²) in [4.78, 5) is 10.3. The normalized spacial score (nSPS) is 10.4. The van der Waals surface area contributed by atoms with E-state index >= 15 is 0 Å². The highest BCUT2D eigenvalue weighted by atomic mass is 16.4. The van der Waals surface area contributed by atoms with Crippen LogP contribution in [0.2, 0.25) is 0 Å². The van der Waals surface area contributed by atoms with Crippen molar-refractivity contribution >= 4 is 5.97 Å². The fraction of sp³-hybridized carbons (Fsp3) is 0.556. The third kappa shape index (κ3) is 2.08. The van der Waals surface area contributed by atoms with E-state index in [-0.39, 0.29) is 6.42 Å². The molecule has 0 aliphatic carbocycles. The monoisotopic (exact) mass is 182 g/mol. The highest BCUT2D eigenvalue weighted by molar-refractivity contribution is 5.67. The van der Waals surface area contributed by atoms with Crippen LogP contribution in [0.4, 0.5) is 0 Å². The van der Waals surface area contributed by atoms with Gasteiger partial charge < -0.3 is 5.11 Å². The lowest BCUT2D eigenvalue weighted by Gasteiger charge is -1.93. The van der Waals surface area contributed by atoms with Gasteiger partial charge in [0, 0.05) is 19.2 Å². The maximum absolute atomic E-state index is 10.3. The molecule has 0 unspecified atom stereocenters. The van der Waals surface area contributed by atoms with Gasteiger partial charge in [-0.2, -0.15) is 5.10 Å². The summed E-state index contributed by atoms with van der Waals surface area (Å²) in [6.45, 7) is 3.95. The van der Waals surface area contributed by atoms with Crippen LogP contribution in [0.3, 0.4) is 0 Å². The van der Waals surface area contributed by atoms with Crippen LogP contribution < -0.4 is 0 Å². The van der Waals surface area contributed by atoms with E-state index in [1.54, 1.807) is 4.68 Å². The molecule has 0 aromatic carbocycles. The summed E-state index contributed by atoms with van der Waals surface area (Å²) in [5.41, 5.74) is 3.09. The molecule has 72 valence electrons. The van der Waals surface area contributed by atoms with E-state index in [4.69, 9.17) is 5.11 Å². The van der Waals surface area contributed by atoms with E-state index < -0.39 is 5.97 Å². The molecule has 0 aliphatic rings. The fourth-order valence-electron chi connectivity index (χ4n) is 1.25. The predicted molar refractivity (Wildman–Crippen MR) is 48.6 cm³/mol. The number of nitrogens with zero attached hydrogens (tertiary/aromatic N) is 2. The molecular weight excluding hydrogens is 168 g/mol. The van der Waals surface area contributed by atoms with E-state index in [0.29, 0.717) is 6.42 Å². The second-order valence-corrected chi connectivity index (χ2v) is 3.17. The molecule has 1 aromatic heterocycles. The van der Waals surface area contributed by atoms with E-state index in [1.807, 2.05) is 20.9 Å². The molecule has 0 atom stereocenters. The van der Waals surface area contributed by atoms with E-state index in [9.17, 15) is 4.79 Å². The third-order valence-electron chi connectivity index (χ3n) is 2.31. The Morgan fingerprint density at radius 3 is 2.54 bits per heavy atom. The average Bonchev–Trinajstić information content (AvgIpc) is 2.29. The number of aromatic nitrogens is 2. The van der Waals surface area contributed by atoms with Crippen molar-refractivity contribution in [1.29, 1.82) is 0 Å². The minimum absolute atomic E-state index is 0.150. The number of hydrogen-bond donors (Lipinski definition) is 1. The predicted octanol–water partition coefficient (Wildman–Crippen LogP) is 1.05. The maximum Gasteiger partial charge on any atom is 0.303 e. The molecular formula is C9H14N2O2. The molecule has 1 rings (SSSR count). The molecule has 13 heavy (non-hydrogen) atoms. The summed E-state index contributed by atoms with van der Waals surface area (Å²) in [5, 5.41) is 12.7. The Bertz CT molecular complexity index is 329. The number of aliphatic carboxylic acids is 1. The quantitative estimate of drug-likeness (QED) is 0.760. The summed E-state index contributed by atoms with van der Waals surface area (Å²) in [5.74, 6) is -0.775. The summed E-state index contributed by atoms with van der Waals surface area (Å²) in [6, 6.07) is 0. The van der Waals surface area contributed by atoms with E-state index in [1.165, 1.54) is 0 Å². The van der Waals surface area contributed by atoms with E-state index in [0.717, 1.165) is 17.0 Å². The lowest BCUT2D eigenvalue weighted by molar-refractivity contribution is -0.136. The largest absolute Gasteiger partial charge is 0.481 e. The molecule has 0 bridgehead atoms. The van der Waals surface area contributed by atoms with Crippen molar-refractivity contribution in [3.05, 3.63) is 17.0 Å². The molecule has 0 fully saturated rings. The fourth-order valence-corrected chi connectivity index (χ4v) is 1.25. The van der Waals surface area contributed by atoms with Gasteiger partial charge >= 0.3 is 5.97 Å². The minimum Gasteiger partial charge on any atom is -0.481 e. The van der Waals surface area contributed by atoms with Gasteiger partial charge in [0.15, 0.2) is 0 Å². The van der Waals surface area contributed by atoms with Crippen molar-refractivity contribution in [2.75, 3.05) is 0 Å². The van der Waals surface area contributed by atoms with Gasteiger partial charge in [-0.05, 0) is 19.4 Å². The third-order valence-corrected chi connectivity index (χ3v) is 2.31. The zero-order chi connectivity index (χ0) is 10.0. The summed E-state index contributed by atoms with van der Waals surface area (Å²) < 4.78 is 1.78. The Hall–Kier alpha value is -1.32. The van der Waals surface area contributed by atoms with Crippen molar-refractivity contribution in [3.63, 3.8) is 0 Å². The number of hydrogen-bond acceptors (Lipinski definition) is 2. The van der Waals surface area contributed by atoms with Gasteiger partial charge in [0.25, 0.3) is 0 Å². The topological polar surface area (TPSA) is 55.1 Å². The number of carboxylic acid groups (broad SMARTS) is 1. The summed E-state index contributed by atoms with van der Waals surface area (Å²) >= 11 is 0. The minimum atomic E-state index is -0.775. The van der Waals surface area contributed by atoms with Gasteiger partial charge in [-0.3, -0.25) is 9.48 Å². The molecule has 1 aromatic rings. The van der Waals surface area contributed by atoms with Crippen LogP contribution in [0.1, 0.15) is 23.4 Å². The Labute approximate surface area is 77.2 Å². The van der Waals surface area contributed by atoms with Gasteiger partial charge in [-0.15, -0.1) is 0 Å². The molecule has 0 spiro atoms. The SMILES string of the molecule is Cc1c(CCC(=O)O)nn(C)c1C. The molecule has 0 aliphatic heterocycles. The molecule has 0 amide bonds. The molecule has 0 saturated carbocycles. The van der Waals surface area contributed by atoms with Crippen LogP contribution in [0.5, 0.6) is 0 Å². The Balaban J connectivity index is 2.78. The second-order valence-electron chi connectivity index (χ2n) is 3.17. The van der Waals surface area contributed by atoms with Crippen LogP contribution in [0, 0.1) is 13.8 Å². The smallest absolute Gasteiger partial charge is 0.303 e. The standard InChI is InChI=1S/C9H14N2O2/c1-6-7(2)11(3)10-8(6)4-5-9(12)13/h4-5H2,1-3H3,(H,12,13). The first-order valence-corrected chi connectivity index (χ1v) is 4.23. The van der Waals surface area contributed by atoms with Crippen LogP contribution in [-0.4, -0.2) is 20.9 Å². The van der Waals surface area contributed by atoms with Crippen LogP contribution in [0.25, 0.3) is 0 Å². The molecule has 4 nitrogen and oxygen atoms in total. The van der Waals surface area contributed by atoms with Crippen molar-refractivity contribution in [1.82, 2.24) is 9.78 Å².